The molecule has 0 heterocycles. The summed E-state index contributed by atoms with van der Waals surface area (Å²) in [7, 11) is 0. The maximum Gasteiger partial charge on any atom is 0.338 e. The summed E-state index contributed by atoms with van der Waals surface area (Å²) >= 11 is 0. The Bertz CT molecular complexity index is 397. The van der Waals surface area contributed by atoms with Crippen molar-refractivity contribution < 1.29 is 9.53 Å². The second kappa shape index (κ2) is 4.75. The van der Waals surface area contributed by atoms with Gasteiger partial charge < -0.3 is 10.5 Å². The lowest BCUT2D eigenvalue weighted by molar-refractivity contribution is -0.130. The molecule has 1 aromatic rings. The Morgan fingerprint density at radius 3 is 2.73 bits per heavy atom. The molecule has 0 aliphatic heterocycles. The fraction of sp³-hybridized carbons (Fsp3) is 0.250. The lowest BCUT2D eigenvalue weighted by atomic mass is 10.1. The van der Waals surface area contributed by atoms with Crippen molar-refractivity contribution in [2.75, 3.05) is 0 Å². The Labute approximate surface area is 89.5 Å². The molecular weight excluding hydrogens is 190 g/mol. The van der Waals surface area contributed by atoms with Crippen molar-refractivity contribution in [2.24, 2.45) is 5.73 Å². The minimum Gasteiger partial charge on any atom is -0.423 e. The number of carbonyl (C=O) groups excluding carboxylic acids is 1. The quantitative estimate of drug-likeness (QED) is 0.466. The molecule has 2 N–H and O–H groups in total. The van der Waals surface area contributed by atoms with Crippen molar-refractivity contribution in [2.45, 2.75) is 20.4 Å². The van der Waals surface area contributed by atoms with Crippen LogP contribution in [0.15, 0.2) is 30.4 Å². The predicted molar refractivity (Wildman–Crippen MR) is 59.5 cm³/mol. The van der Waals surface area contributed by atoms with Crippen LogP contribution in [0.2, 0.25) is 0 Å². The number of rotatable bonds is 3. The first-order chi connectivity index (χ1) is 7.04. The summed E-state index contributed by atoms with van der Waals surface area (Å²) in [6.07, 6.45) is 0. The Morgan fingerprint density at radius 1 is 1.53 bits per heavy atom. The fourth-order valence-corrected chi connectivity index (χ4v) is 1.13. The summed E-state index contributed by atoms with van der Waals surface area (Å²) in [6.45, 7) is 7.52. The van der Waals surface area contributed by atoms with Gasteiger partial charge in [-0.2, -0.15) is 0 Å². The zero-order valence-corrected chi connectivity index (χ0v) is 9.04. The lowest BCUT2D eigenvalue weighted by Crippen LogP contribution is -2.09. The van der Waals surface area contributed by atoms with E-state index in [-0.39, 0.29) is 0 Å². The van der Waals surface area contributed by atoms with Crippen LogP contribution < -0.4 is 10.5 Å². The molecule has 0 amide bonds. The SMILES string of the molecule is C=C(C)C(=O)Oc1ccc(C)c(CN)c1. The van der Waals surface area contributed by atoms with E-state index in [0.717, 1.165) is 11.1 Å². The van der Waals surface area contributed by atoms with E-state index in [1.807, 2.05) is 13.0 Å². The molecule has 0 aliphatic rings. The third-order valence-electron chi connectivity index (χ3n) is 2.10. The van der Waals surface area contributed by atoms with E-state index < -0.39 is 5.97 Å². The summed E-state index contributed by atoms with van der Waals surface area (Å²) in [5.41, 5.74) is 8.00. The molecule has 0 aromatic heterocycles. The molecule has 0 spiro atoms. The number of nitrogens with two attached hydrogens (primary N) is 1. The smallest absolute Gasteiger partial charge is 0.338 e. The summed E-state index contributed by atoms with van der Waals surface area (Å²) in [5.74, 6) is 0.0934. The van der Waals surface area contributed by atoms with Crippen molar-refractivity contribution in [1.82, 2.24) is 0 Å². The van der Waals surface area contributed by atoms with Crippen LogP contribution in [0.1, 0.15) is 18.1 Å². The van der Waals surface area contributed by atoms with Crippen LogP contribution >= 0.6 is 0 Å². The zero-order chi connectivity index (χ0) is 11.4. The molecule has 0 radical (unpaired) electrons. The second-order valence-corrected chi connectivity index (χ2v) is 3.46. The second-order valence-electron chi connectivity index (χ2n) is 3.46. The minimum atomic E-state index is -0.415. The normalized spacial score (nSPS) is 9.80. The third-order valence-corrected chi connectivity index (χ3v) is 2.10. The zero-order valence-electron chi connectivity index (χ0n) is 9.04. The van der Waals surface area contributed by atoms with Gasteiger partial charge in [-0.3, -0.25) is 0 Å². The van der Waals surface area contributed by atoms with E-state index in [1.54, 1.807) is 19.1 Å². The van der Waals surface area contributed by atoms with Crippen molar-refractivity contribution in [3.8, 4) is 5.75 Å². The molecule has 0 atom stereocenters. The largest absolute Gasteiger partial charge is 0.423 e. The third kappa shape index (κ3) is 2.92. The van der Waals surface area contributed by atoms with Gasteiger partial charge in [0.25, 0.3) is 0 Å². The molecule has 3 nitrogen and oxygen atoms in total. The first-order valence-electron chi connectivity index (χ1n) is 4.72. The first-order valence-corrected chi connectivity index (χ1v) is 4.72. The number of carbonyl (C=O) groups is 1. The number of benzene rings is 1. The van der Waals surface area contributed by atoms with Crippen LogP contribution in [0.5, 0.6) is 5.75 Å². The van der Waals surface area contributed by atoms with Gasteiger partial charge in [-0.15, -0.1) is 0 Å². The average Bonchev–Trinajstić information content (AvgIpc) is 2.20. The van der Waals surface area contributed by atoms with E-state index in [2.05, 4.69) is 6.58 Å². The van der Waals surface area contributed by atoms with E-state index in [4.69, 9.17) is 10.5 Å². The maximum atomic E-state index is 11.2. The molecule has 0 saturated heterocycles. The molecule has 0 saturated carbocycles. The van der Waals surface area contributed by atoms with E-state index in [1.165, 1.54) is 0 Å². The van der Waals surface area contributed by atoms with Crippen LogP contribution in [0.25, 0.3) is 0 Å². The maximum absolute atomic E-state index is 11.2. The Morgan fingerprint density at radius 2 is 2.20 bits per heavy atom. The number of esters is 1. The molecular formula is C12H15NO2. The van der Waals surface area contributed by atoms with Crippen molar-refractivity contribution in [3.05, 3.63) is 41.5 Å². The molecule has 1 rings (SSSR count). The van der Waals surface area contributed by atoms with E-state index >= 15 is 0 Å². The summed E-state index contributed by atoms with van der Waals surface area (Å²) < 4.78 is 5.08. The van der Waals surface area contributed by atoms with Gasteiger partial charge in [0, 0.05) is 12.1 Å². The Kier molecular flexibility index (Phi) is 3.63. The monoisotopic (exact) mass is 205 g/mol. The minimum absolute atomic E-state index is 0.380. The molecule has 1 aromatic carbocycles. The molecule has 15 heavy (non-hydrogen) atoms. The van der Waals surface area contributed by atoms with Gasteiger partial charge in [-0.05, 0) is 37.1 Å². The van der Waals surface area contributed by atoms with E-state index in [9.17, 15) is 4.79 Å². The Hall–Kier alpha value is -1.61. The van der Waals surface area contributed by atoms with Gasteiger partial charge in [-0.25, -0.2) is 4.79 Å². The molecule has 0 fully saturated rings. The number of hydrogen-bond donors (Lipinski definition) is 1. The van der Waals surface area contributed by atoms with Crippen LogP contribution in [0.3, 0.4) is 0 Å². The van der Waals surface area contributed by atoms with Gasteiger partial charge >= 0.3 is 5.97 Å². The summed E-state index contributed by atoms with van der Waals surface area (Å²) in [6, 6.07) is 5.40. The highest BCUT2D eigenvalue weighted by Crippen LogP contribution is 2.17. The number of ether oxygens (including phenoxy) is 1. The van der Waals surface area contributed by atoms with Crippen LogP contribution in [0.4, 0.5) is 0 Å². The topological polar surface area (TPSA) is 52.3 Å². The van der Waals surface area contributed by atoms with Gasteiger partial charge in [0.1, 0.15) is 5.75 Å². The molecule has 0 unspecified atom stereocenters. The van der Waals surface area contributed by atoms with E-state index in [0.29, 0.717) is 17.9 Å². The molecule has 0 aliphatic carbocycles. The molecule has 80 valence electrons. The lowest BCUT2D eigenvalue weighted by Gasteiger charge is -2.07. The summed E-state index contributed by atoms with van der Waals surface area (Å²) in [4.78, 5) is 11.2. The average molecular weight is 205 g/mol. The highest BCUT2D eigenvalue weighted by Gasteiger charge is 2.06. The first kappa shape index (κ1) is 11.5. The van der Waals surface area contributed by atoms with Crippen LogP contribution in [-0.2, 0) is 11.3 Å². The number of hydrogen-bond acceptors (Lipinski definition) is 3. The predicted octanol–water partition coefficient (Wildman–Crippen LogP) is 1.94. The highest BCUT2D eigenvalue weighted by atomic mass is 16.5. The fourth-order valence-electron chi connectivity index (χ4n) is 1.13. The molecule has 3 heteroatoms. The van der Waals surface area contributed by atoms with Crippen molar-refractivity contribution in [1.29, 1.82) is 0 Å². The highest BCUT2D eigenvalue weighted by molar-refractivity contribution is 5.88. The van der Waals surface area contributed by atoms with Crippen molar-refractivity contribution in [3.63, 3.8) is 0 Å². The molecule has 0 bridgehead atoms. The van der Waals surface area contributed by atoms with Gasteiger partial charge in [0.05, 0.1) is 0 Å². The van der Waals surface area contributed by atoms with Gasteiger partial charge in [0.2, 0.25) is 0 Å². The number of aryl methyl sites for hydroxylation is 1. The van der Waals surface area contributed by atoms with Gasteiger partial charge in [0.15, 0.2) is 0 Å². The summed E-state index contributed by atoms with van der Waals surface area (Å²) in [5, 5.41) is 0. The van der Waals surface area contributed by atoms with Crippen molar-refractivity contribution >= 4 is 5.97 Å². The standard InChI is InChI=1S/C12H15NO2/c1-8(2)12(14)15-11-5-4-9(3)10(6-11)7-13/h4-6H,1,7,13H2,2-3H3. The van der Waals surface area contributed by atoms with Crippen LogP contribution in [-0.4, -0.2) is 5.97 Å². The van der Waals surface area contributed by atoms with Gasteiger partial charge in [-0.1, -0.05) is 12.6 Å². The Balaban J connectivity index is 2.87. The van der Waals surface area contributed by atoms with Crippen LogP contribution in [0, 0.1) is 6.92 Å².